The first-order valence-electron chi connectivity index (χ1n) is 8.91. The van der Waals surface area contributed by atoms with Crippen LogP contribution in [0.2, 0.25) is 0 Å². The highest BCUT2D eigenvalue weighted by atomic mass is 16.6. The predicted molar refractivity (Wildman–Crippen MR) is 93.8 cm³/mol. The topological polar surface area (TPSA) is 82.1 Å². The fraction of sp³-hybridized carbons (Fsp3) is 0.600. The number of esters is 2. The Balaban J connectivity index is 2.08. The van der Waals surface area contributed by atoms with Crippen LogP contribution in [0.5, 0.6) is 0 Å². The minimum absolute atomic E-state index is 0.0975. The van der Waals surface area contributed by atoms with Gasteiger partial charge in [0.25, 0.3) is 0 Å². The fourth-order valence-corrected chi connectivity index (χ4v) is 3.77. The van der Waals surface area contributed by atoms with Gasteiger partial charge in [0.15, 0.2) is 0 Å². The molecular weight excluding hydrogens is 336 g/mol. The highest BCUT2D eigenvalue weighted by molar-refractivity contribution is 5.77. The van der Waals surface area contributed by atoms with E-state index in [-0.39, 0.29) is 18.5 Å². The summed E-state index contributed by atoms with van der Waals surface area (Å²) >= 11 is 0. The number of fused-ring (bicyclic) bond motifs is 3. The molecule has 1 fully saturated rings. The maximum Gasteiger partial charge on any atom is 0.313 e. The molecule has 0 radical (unpaired) electrons. The lowest BCUT2D eigenvalue weighted by Crippen LogP contribution is -2.45. The van der Waals surface area contributed by atoms with Gasteiger partial charge in [-0.3, -0.25) is 9.59 Å². The number of carbonyl (C=O) groups is 2. The van der Waals surface area contributed by atoms with Crippen molar-refractivity contribution in [1.29, 1.82) is 0 Å². The first-order chi connectivity index (χ1) is 12.0. The van der Waals surface area contributed by atoms with E-state index in [1.807, 2.05) is 6.92 Å². The third-order valence-electron chi connectivity index (χ3n) is 5.32. The van der Waals surface area contributed by atoms with E-state index in [0.717, 1.165) is 0 Å². The van der Waals surface area contributed by atoms with Gasteiger partial charge in [-0.2, -0.15) is 0 Å². The van der Waals surface area contributed by atoms with Gasteiger partial charge in [-0.05, 0) is 31.1 Å². The molecule has 0 saturated carbocycles. The van der Waals surface area contributed by atoms with E-state index in [0.29, 0.717) is 17.6 Å². The number of cyclic esters (lactones) is 1. The second-order valence-corrected chi connectivity index (χ2v) is 7.95. The molecule has 1 saturated heterocycles. The molecule has 5 atom stereocenters. The number of hydrogen-bond acceptors (Lipinski definition) is 6. The molecule has 26 heavy (non-hydrogen) atoms. The zero-order valence-electron chi connectivity index (χ0n) is 15.7. The first-order valence-corrected chi connectivity index (χ1v) is 8.91. The molecule has 3 aliphatic rings. The molecule has 0 unspecified atom stereocenters. The minimum Gasteiger partial charge on any atom is -0.461 e. The Kier molecular flexibility index (Phi) is 4.61. The molecule has 3 aliphatic heterocycles. The summed E-state index contributed by atoms with van der Waals surface area (Å²) in [4.78, 5) is 24.8. The quantitative estimate of drug-likeness (QED) is 0.599. The van der Waals surface area contributed by atoms with Gasteiger partial charge >= 0.3 is 11.9 Å². The number of ether oxygens (including phenoxy) is 3. The standard InChI is InChI=1S/C20H26O6/c1-11(2)17(21)25-15-9-19(5)6-7-20(23,26-19)13(4)8-14-16(15)12(3)10-24-18(14)22/h6-8,11,14-16,23H,3,9-10H2,1-2,4-5H3/t14-,15-,16+,19+,20-/m1/s1. The predicted octanol–water partition coefficient (Wildman–Crippen LogP) is 2.28. The van der Waals surface area contributed by atoms with Crippen molar-refractivity contribution in [1.82, 2.24) is 0 Å². The van der Waals surface area contributed by atoms with Crippen LogP contribution in [0.3, 0.4) is 0 Å². The molecule has 142 valence electrons. The highest BCUT2D eigenvalue weighted by Crippen LogP contribution is 2.44. The average Bonchev–Trinajstić information content (AvgIpc) is 2.87. The van der Waals surface area contributed by atoms with Crippen molar-refractivity contribution in [2.45, 2.75) is 51.6 Å². The van der Waals surface area contributed by atoms with Crippen molar-refractivity contribution >= 4 is 11.9 Å². The van der Waals surface area contributed by atoms with Crippen molar-refractivity contribution in [2.24, 2.45) is 17.8 Å². The normalized spacial score (nSPS) is 39.5. The fourth-order valence-electron chi connectivity index (χ4n) is 3.77. The van der Waals surface area contributed by atoms with Gasteiger partial charge in [-0.1, -0.05) is 32.6 Å². The van der Waals surface area contributed by atoms with Crippen LogP contribution < -0.4 is 0 Å². The minimum atomic E-state index is -1.59. The van der Waals surface area contributed by atoms with Crippen molar-refractivity contribution in [2.75, 3.05) is 6.61 Å². The summed E-state index contributed by atoms with van der Waals surface area (Å²) in [7, 11) is 0. The maximum atomic E-state index is 12.5. The van der Waals surface area contributed by atoms with E-state index in [2.05, 4.69) is 6.58 Å². The zero-order chi connectivity index (χ0) is 19.3. The van der Waals surface area contributed by atoms with Crippen LogP contribution in [0.1, 0.15) is 34.1 Å². The van der Waals surface area contributed by atoms with Crippen molar-refractivity contribution in [3.63, 3.8) is 0 Å². The van der Waals surface area contributed by atoms with Crippen molar-refractivity contribution < 1.29 is 28.9 Å². The van der Waals surface area contributed by atoms with Crippen LogP contribution in [-0.2, 0) is 23.8 Å². The summed E-state index contributed by atoms with van der Waals surface area (Å²) in [6.07, 6.45) is 4.69. The Bertz CT molecular complexity index is 705. The van der Waals surface area contributed by atoms with Gasteiger partial charge in [0.05, 0.1) is 17.4 Å². The maximum absolute atomic E-state index is 12.5. The molecule has 6 nitrogen and oxygen atoms in total. The van der Waals surface area contributed by atoms with Crippen LogP contribution in [0, 0.1) is 17.8 Å². The second kappa shape index (κ2) is 6.35. The van der Waals surface area contributed by atoms with Gasteiger partial charge in [0, 0.05) is 12.3 Å². The molecule has 0 spiro atoms. The molecule has 6 heteroatoms. The van der Waals surface area contributed by atoms with Crippen molar-refractivity contribution in [3.05, 3.63) is 36.0 Å². The van der Waals surface area contributed by atoms with Crippen LogP contribution >= 0.6 is 0 Å². The first kappa shape index (κ1) is 18.9. The van der Waals surface area contributed by atoms with E-state index >= 15 is 0 Å². The SMILES string of the molecule is C=C1COC(=O)[C@@H]2C=C(C)[C@@]3(O)C=C[C@@](C)(C[C@@H](OC(=O)C(C)C)[C@@H]12)O3. The summed E-state index contributed by atoms with van der Waals surface area (Å²) < 4.78 is 16.9. The third-order valence-corrected chi connectivity index (χ3v) is 5.32. The number of rotatable bonds is 2. The molecule has 3 heterocycles. The Labute approximate surface area is 153 Å². The molecule has 1 N–H and O–H groups in total. The zero-order valence-corrected chi connectivity index (χ0v) is 15.7. The molecule has 0 aromatic carbocycles. The van der Waals surface area contributed by atoms with Gasteiger partial charge in [0.2, 0.25) is 5.79 Å². The number of hydrogen-bond donors (Lipinski definition) is 1. The highest BCUT2D eigenvalue weighted by Gasteiger charge is 2.50. The van der Waals surface area contributed by atoms with Crippen LogP contribution in [0.25, 0.3) is 0 Å². The molecule has 3 rings (SSSR count). The van der Waals surface area contributed by atoms with Gasteiger partial charge in [0.1, 0.15) is 12.7 Å². The summed E-state index contributed by atoms with van der Waals surface area (Å²) in [5.74, 6) is -3.76. The monoisotopic (exact) mass is 362 g/mol. The molecule has 2 bridgehead atoms. The molecular formula is C20H26O6. The van der Waals surface area contributed by atoms with Gasteiger partial charge < -0.3 is 19.3 Å². The largest absolute Gasteiger partial charge is 0.461 e. The molecule has 0 amide bonds. The van der Waals surface area contributed by atoms with Crippen molar-refractivity contribution in [3.8, 4) is 0 Å². The van der Waals surface area contributed by atoms with Gasteiger partial charge in [-0.15, -0.1) is 0 Å². The van der Waals surface area contributed by atoms with E-state index in [9.17, 15) is 14.7 Å². The summed E-state index contributed by atoms with van der Waals surface area (Å²) in [5, 5.41) is 10.8. The Hall–Kier alpha value is -1.92. The van der Waals surface area contributed by atoms with E-state index < -0.39 is 35.3 Å². The third kappa shape index (κ3) is 3.23. The van der Waals surface area contributed by atoms with E-state index in [4.69, 9.17) is 14.2 Å². The van der Waals surface area contributed by atoms with Crippen LogP contribution in [-0.4, -0.2) is 41.1 Å². The number of aliphatic hydroxyl groups is 1. The number of carbonyl (C=O) groups excluding carboxylic acids is 2. The Morgan fingerprint density at radius 3 is 2.77 bits per heavy atom. The molecule has 0 aliphatic carbocycles. The van der Waals surface area contributed by atoms with Gasteiger partial charge in [-0.25, -0.2) is 0 Å². The Morgan fingerprint density at radius 2 is 2.12 bits per heavy atom. The van der Waals surface area contributed by atoms with E-state index in [1.54, 1.807) is 39.0 Å². The molecule has 0 aromatic heterocycles. The van der Waals surface area contributed by atoms with Crippen LogP contribution in [0.15, 0.2) is 36.0 Å². The summed E-state index contributed by atoms with van der Waals surface area (Å²) in [6, 6.07) is 0. The lowest BCUT2D eigenvalue weighted by molar-refractivity contribution is -0.191. The second-order valence-electron chi connectivity index (χ2n) is 7.95. The summed E-state index contributed by atoms with van der Waals surface area (Å²) in [5.41, 5.74) is 0.356. The summed E-state index contributed by atoms with van der Waals surface area (Å²) in [6.45, 7) is 11.2. The van der Waals surface area contributed by atoms with E-state index in [1.165, 1.54) is 0 Å². The lowest BCUT2D eigenvalue weighted by Gasteiger charge is -2.38. The Morgan fingerprint density at radius 1 is 1.42 bits per heavy atom. The smallest absolute Gasteiger partial charge is 0.313 e. The molecule has 0 aromatic rings. The lowest BCUT2D eigenvalue weighted by atomic mass is 9.76. The van der Waals surface area contributed by atoms with Crippen LogP contribution in [0.4, 0.5) is 0 Å². The average molecular weight is 362 g/mol.